The number of hydrogen-bond acceptors (Lipinski definition) is 4. The number of benzene rings is 1. The van der Waals surface area contributed by atoms with Crippen LogP contribution in [0.4, 0.5) is 11.4 Å². The van der Waals surface area contributed by atoms with E-state index in [-0.39, 0.29) is 46.9 Å². The van der Waals surface area contributed by atoms with Gasteiger partial charge in [0.2, 0.25) is 11.8 Å². The summed E-state index contributed by atoms with van der Waals surface area (Å²) in [4.78, 5) is 37.9. The Labute approximate surface area is 145 Å². The normalized spacial score (nSPS) is 38.3. The molecule has 5 aliphatic rings. The molecule has 0 spiro atoms. The molecule has 0 unspecified atom stereocenters. The van der Waals surface area contributed by atoms with Crippen LogP contribution < -0.4 is 4.90 Å². The third kappa shape index (κ3) is 1.65. The molecule has 3 fully saturated rings. The Kier molecular flexibility index (Phi) is 2.71. The maximum Gasteiger partial charge on any atom is 0.294 e. The van der Waals surface area contributed by atoms with Crippen LogP contribution in [0, 0.1) is 45.6 Å². The molecule has 7 heteroatoms. The zero-order valence-electron chi connectivity index (χ0n) is 12.5. The van der Waals surface area contributed by atoms with Crippen molar-refractivity contribution in [2.24, 2.45) is 35.5 Å². The molecule has 1 aromatic carbocycles. The number of allylic oxidation sites excluding steroid dienone is 2. The number of nitro benzene ring substituents is 1. The number of imide groups is 1. The summed E-state index contributed by atoms with van der Waals surface area (Å²) in [6.45, 7) is 0. The first-order chi connectivity index (χ1) is 11.5. The van der Waals surface area contributed by atoms with Crippen LogP contribution in [0.2, 0.25) is 0 Å². The van der Waals surface area contributed by atoms with E-state index >= 15 is 0 Å². The fourth-order valence-electron chi connectivity index (χ4n) is 5.03. The molecule has 1 heterocycles. The lowest BCUT2D eigenvalue weighted by molar-refractivity contribution is -0.384. The van der Waals surface area contributed by atoms with Crippen molar-refractivity contribution in [2.45, 2.75) is 6.42 Å². The van der Waals surface area contributed by atoms with Gasteiger partial charge in [-0.2, -0.15) is 0 Å². The minimum absolute atomic E-state index is 0.0840. The van der Waals surface area contributed by atoms with Gasteiger partial charge in [0.15, 0.2) is 0 Å². The molecule has 6 nitrogen and oxygen atoms in total. The number of nitro groups is 1. The molecule has 1 saturated heterocycles. The van der Waals surface area contributed by atoms with Crippen molar-refractivity contribution in [2.75, 3.05) is 4.90 Å². The molecule has 0 radical (unpaired) electrons. The van der Waals surface area contributed by atoms with Gasteiger partial charge < -0.3 is 0 Å². The second-order valence-corrected chi connectivity index (χ2v) is 7.97. The van der Waals surface area contributed by atoms with Crippen LogP contribution in [0.5, 0.6) is 0 Å². The summed E-state index contributed by atoms with van der Waals surface area (Å²) in [6.07, 6.45) is 5.27. The lowest BCUT2D eigenvalue weighted by Crippen LogP contribution is -2.40. The van der Waals surface area contributed by atoms with Crippen molar-refractivity contribution in [3.63, 3.8) is 0 Å². The minimum atomic E-state index is -0.549. The van der Waals surface area contributed by atoms with Gasteiger partial charge in [0, 0.05) is 10.5 Å². The second-order valence-electron chi connectivity index (χ2n) is 7.06. The third-order valence-electron chi connectivity index (χ3n) is 6.04. The standard InChI is InChI=1S/C17H13BrN2O4/c18-7-1-4-12(13(5-7)20(23)24)19-16(21)14-8-2-3-9(11-6-10(8)11)15(14)17(19)22/h1-5,8-11,14-15H,6H2/t8-,9+,10-,11-,14+,15-/m1/s1. The zero-order chi connectivity index (χ0) is 16.7. The number of carbonyl (C=O) groups is 2. The number of hydrogen-bond donors (Lipinski definition) is 0. The van der Waals surface area contributed by atoms with Gasteiger partial charge in [-0.25, -0.2) is 4.90 Å². The topological polar surface area (TPSA) is 80.5 Å². The Balaban J connectivity index is 1.61. The van der Waals surface area contributed by atoms with E-state index in [2.05, 4.69) is 28.1 Å². The van der Waals surface area contributed by atoms with Crippen LogP contribution in [-0.4, -0.2) is 16.7 Å². The first-order valence-corrected chi connectivity index (χ1v) is 8.78. The average Bonchev–Trinajstić information content (AvgIpc) is 3.33. The highest BCUT2D eigenvalue weighted by atomic mass is 79.9. The van der Waals surface area contributed by atoms with Crippen molar-refractivity contribution in [1.82, 2.24) is 0 Å². The summed E-state index contributed by atoms with van der Waals surface area (Å²) < 4.78 is 0.539. The van der Waals surface area contributed by atoms with Crippen LogP contribution in [0.25, 0.3) is 0 Å². The largest absolute Gasteiger partial charge is 0.294 e. The van der Waals surface area contributed by atoms with Crippen molar-refractivity contribution < 1.29 is 14.5 Å². The summed E-state index contributed by atoms with van der Waals surface area (Å²) in [7, 11) is 0. The van der Waals surface area contributed by atoms with Gasteiger partial charge in [-0.15, -0.1) is 0 Å². The van der Waals surface area contributed by atoms with Crippen molar-refractivity contribution in [3.8, 4) is 0 Å². The average molecular weight is 389 g/mol. The Morgan fingerprint density at radius 2 is 1.67 bits per heavy atom. The van der Waals surface area contributed by atoms with E-state index in [1.807, 2.05) is 0 Å². The number of nitrogens with zero attached hydrogens (tertiary/aromatic N) is 2. The molecule has 1 aromatic rings. The lowest BCUT2D eigenvalue weighted by atomic mass is 9.63. The van der Waals surface area contributed by atoms with Crippen LogP contribution in [0.3, 0.4) is 0 Å². The molecule has 122 valence electrons. The predicted octanol–water partition coefficient (Wildman–Crippen LogP) is 2.91. The van der Waals surface area contributed by atoms with Crippen molar-refractivity contribution >= 4 is 39.1 Å². The molecule has 6 rings (SSSR count). The molecule has 6 atom stereocenters. The first kappa shape index (κ1) is 14.3. The number of halogens is 1. The van der Waals surface area contributed by atoms with E-state index < -0.39 is 4.92 Å². The fraction of sp³-hybridized carbons (Fsp3) is 0.412. The van der Waals surface area contributed by atoms with E-state index in [1.54, 1.807) is 6.07 Å². The van der Waals surface area contributed by atoms with Crippen molar-refractivity contribution in [3.05, 3.63) is 44.9 Å². The molecule has 1 aliphatic heterocycles. The van der Waals surface area contributed by atoms with Crippen LogP contribution in [-0.2, 0) is 9.59 Å². The van der Waals surface area contributed by atoms with Crippen molar-refractivity contribution in [1.29, 1.82) is 0 Å². The van der Waals surface area contributed by atoms with E-state index in [9.17, 15) is 19.7 Å². The lowest BCUT2D eigenvalue weighted by Gasteiger charge is -2.37. The van der Waals surface area contributed by atoms with E-state index in [0.29, 0.717) is 16.3 Å². The number of amides is 2. The zero-order valence-corrected chi connectivity index (χ0v) is 14.0. The number of carbonyl (C=O) groups excluding carboxylic acids is 2. The Morgan fingerprint density at radius 3 is 2.21 bits per heavy atom. The number of anilines is 1. The SMILES string of the molecule is O=C1[C@@H]2[C@H]3C=C[C@H]([C@H]4C[C@H]34)[C@@H]2C(=O)N1c1ccc(Br)cc1[N+](=O)[O-]. The molecular formula is C17H13BrN2O4. The summed E-state index contributed by atoms with van der Waals surface area (Å²) in [6, 6.07) is 4.43. The van der Waals surface area contributed by atoms with Gasteiger partial charge in [0.1, 0.15) is 5.69 Å². The Morgan fingerprint density at radius 1 is 1.08 bits per heavy atom. The highest BCUT2D eigenvalue weighted by Crippen LogP contribution is 2.65. The summed E-state index contributed by atoms with van der Waals surface area (Å²) in [5.41, 5.74) is -0.143. The monoisotopic (exact) mass is 388 g/mol. The highest BCUT2D eigenvalue weighted by Gasteiger charge is 2.67. The molecule has 2 saturated carbocycles. The van der Waals surface area contributed by atoms with Gasteiger partial charge >= 0.3 is 0 Å². The first-order valence-electron chi connectivity index (χ1n) is 7.99. The predicted molar refractivity (Wildman–Crippen MR) is 88.0 cm³/mol. The summed E-state index contributed by atoms with van der Waals surface area (Å²) >= 11 is 3.20. The van der Waals surface area contributed by atoms with E-state index in [0.717, 1.165) is 11.3 Å². The molecule has 4 aliphatic carbocycles. The van der Waals surface area contributed by atoms with Gasteiger partial charge in [0.05, 0.1) is 16.8 Å². The maximum atomic E-state index is 13.0. The van der Waals surface area contributed by atoms with Crippen LogP contribution >= 0.6 is 15.9 Å². The molecular weight excluding hydrogens is 376 g/mol. The second kappa shape index (κ2) is 4.53. The molecule has 0 aromatic heterocycles. The van der Waals surface area contributed by atoms with E-state index in [4.69, 9.17) is 0 Å². The molecule has 2 bridgehead atoms. The maximum absolute atomic E-state index is 13.0. The van der Waals surface area contributed by atoms with Crippen LogP contribution in [0.15, 0.2) is 34.8 Å². The Bertz CT molecular complexity index is 815. The van der Waals surface area contributed by atoms with Gasteiger partial charge in [-0.3, -0.25) is 19.7 Å². The molecule has 0 N–H and O–H groups in total. The van der Waals surface area contributed by atoms with Gasteiger partial charge in [0.25, 0.3) is 5.69 Å². The third-order valence-corrected chi connectivity index (χ3v) is 6.53. The highest BCUT2D eigenvalue weighted by molar-refractivity contribution is 9.10. The Hall–Kier alpha value is -2.02. The van der Waals surface area contributed by atoms with Gasteiger partial charge in [-0.1, -0.05) is 28.1 Å². The fourth-order valence-corrected chi connectivity index (χ4v) is 5.38. The molecule has 2 amide bonds. The summed E-state index contributed by atoms with van der Waals surface area (Å²) in [5, 5.41) is 11.4. The van der Waals surface area contributed by atoms with Crippen LogP contribution in [0.1, 0.15) is 6.42 Å². The quantitative estimate of drug-likeness (QED) is 0.337. The smallest absolute Gasteiger partial charge is 0.274 e. The minimum Gasteiger partial charge on any atom is -0.274 e. The molecule has 24 heavy (non-hydrogen) atoms. The van der Waals surface area contributed by atoms with E-state index in [1.165, 1.54) is 12.1 Å². The van der Waals surface area contributed by atoms with Gasteiger partial charge in [-0.05, 0) is 42.2 Å². The number of rotatable bonds is 2. The summed E-state index contributed by atoms with van der Waals surface area (Å²) in [5.74, 6) is -0.00290.